The highest BCUT2D eigenvalue weighted by atomic mass is 16.5. The fraction of sp³-hybridized carbons (Fsp3) is 0.727. The fourth-order valence-electron chi connectivity index (χ4n) is 4.80. The third-order valence-corrected chi connectivity index (χ3v) is 6.60. The van der Waals surface area contributed by atoms with Crippen molar-refractivity contribution < 1.29 is 9.26 Å². The van der Waals surface area contributed by atoms with Gasteiger partial charge in [-0.2, -0.15) is 0 Å². The number of hydrogen-bond donors (Lipinski definition) is 1. The van der Waals surface area contributed by atoms with Crippen LogP contribution in [0, 0.1) is 23.7 Å². The van der Waals surface area contributed by atoms with E-state index in [0.29, 0.717) is 36.1 Å². The van der Waals surface area contributed by atoms with Gasteiger partial charge in [0.1, 0.15) is 5.54 Å². The standard InChI is InChI=1S/C22H35N3O3/c1-8-10-27-12-18-19(15(7)13(3)4)17(9-2)25(18)22(11-16(22)14(5)6)20-23-21(26)28-24-20/h9,13-16,18H,2,8,10-12H2,1,3-7H3,(H,23,24,26)/t15-,16+,18?,22-/m0/s1. The summed E-state index contributed by atoms with van der Waals surface area (Å²) in [6.07, 6.45) is 3.90. The molecule has 28 heavy (non-hydrogen) atoms. The maximum atomic E-state index is 11.7. The predicted octanol–water partition coefficient (Wildman–Crippen LogP) is 4.08. The minimum atomic E-state index is -0.497. The van der Waals surface area contributed by atoms with Gasteiger partial charge in [-0.1, -0.05) is 53.3 Å². The van der Waals surface area contributed by atoms with Crippen LogP contribution in [-0.4, -0.2) is 34.3 Å². The third-order valence-electron chi connectivity index (χ3n) is 6.60. The molecule has 0 amide bonds. The van der Waals surface area contributed by atoms with Crippen molar-refractivity contribution in [3.05, 3.63) is 40.3 Å². The summed E-state index contributed by atoms with van der Waals surface area (Å²) in [4.78, 5) is 17.0. The Morgan fingerprint density at radius 1 is 1.39 bits per heavy atom. The number of aromatic nitrogens is 2. The zero-order valence-corrected chi connectivity index (χ0v) is 18.1. The van der Waals surface area contributed by atoms with Gasteiger partial charge >= 0.3 is 5.76 Å². The molecule has 1 aromatic heterocycles. The monoisotopic (exact) mass is 389 g/mol. The van der Waals surface area contributed by atoms with Crippen molar-refractivity contribution in [2.45, 2.75) is 66.0 Å². The van der Waals surface area contributed by atoms with Crippen molar-refractivity contribution in [3.8, 4) is 0 Å². The molecule has 1 N–H and O–H groups in total. The van der Waals surface area contributed by atoms with E-state index in [-0.39, 0.29) is 11.6 Å². The first kappa shape index (κ1) is 20.9. The molecule has 1 aliphatic carbocycles. The van der Waals surface area contributed by atoms with Crippen molar-refractivity contribution in [2.75, 3.05) is 13.2 Å². The molecular weight excluding hydrogens is 354 g/mol. The molecule has 1 fully saturated rings. The molecule has 1 saturated carbocycles. The zero-order chi connectivity index (χ0) is 20.6. The predicted molar refractivity (Wildman–Crippen MR) is 110 cm³/mol. The molecule has 0 spiro atoms. The Labute approximate surface area is 168 Å². The Balaban J connectivity index is 2.05. The van der Waals surface area contributed by atoms with Crippen LogP contribution >= 0.6 is 0 Å². The van der Waals surface area contributed by atoms with Crippen LogP contribution < -0.4 is 5.76 Å². The first-order chi connectivity index (χ1) is 13.3. The van der Waals surface area contributed by atoms with Crippen LogP contribution in [0.5, 0.6) is 0 Å². The minimum Gasteiger partial charge on any atom is -0.379 e. The molecule has 2 aliphatic rings. The Morgan fingerprint density at radius 3 is 2.57 bits per heavy atom. The van der Waals surface area contributed by atoms with Crippen molar-refractivity contribution in [3.63, 3.8) is 0 Å². The van der Waals surface area contributed by atoms with Gasteiger partial charge in [0.05, 0.1) is 12.6 Å². The van der Waals surface area contributed by atoms with Gasteiger partial charge in [-0.15, -0.1) is 0 Å². The van der Waals surface area contributed by atoms with E-state index in [0.717, 1.165) is 19.4 Å². The molecule has 0 bridgehead atoms. The second kappa shape index (κ2) is 7.90. The lowest BCUT2D eigenvalue weighted by molar-refractivity contribution is 0.0248. The van der Waals surface area contributed by atoms with Crippen LogP contribution in [0.2, 0.25) is 0 Å². The summed E-state index contributed by atoms with van der Waals surface area (Å²) in [7, 11) is 0. The Morgan fingerprint density at radius 2 is 2.11 bits per heavy atom. The molecule has 1 unspecified atom stereocenters. The summed E-state index contributed by atoms with van der Waals surface area (Å²) >= 11 is 0. The Kier molecular flexibility index (Phi) is 5.89. The number of H-pyrrole nitrogens is 1. The SMILES string of the molecule is C=CC1=C([C@@H](C)C(C)C)C(COCCC)N1[C@@]1(c2noc(=O)[nH]2)C[C@@H]1C(C)C. The number of allylic oxidation sites excluding steroid dienone is 1. The van der Waals surface area contributed by atoms with Gasteiger partial charge in [0, 0.05) is 12.3 Å². The van der Waals surface area contributed by atoms with Gasteiger partial charge in [-0.3, -0.25) is 9.51 Å². The van der Waals surface area contributed by atoms with E-state index in [1.807, 2.05) is 6.08 Å². The highest BCUT2D eigenvalue weighted by Crippen LogP contribution is 2.64. The summed E-state index contributed by atoms with van der Waals surface area (Å²) < 4.78 is 10.9. The Bertz CT molecular complexity index is 791. The molecule has 2 heterocycles. The number of hydrogen-bond acceptors (Lipinski definition) is 5. The second-order valence-corrected chi connectivity index (χ2v) is 8.96. The van der Waals surface area contributed by atoms with Crippen molar-refractivity contribution in [1.29, 1.82) is 0 Å². The van der Waals surface area contributed by atoms with E-state index in [4.69, 9.17) is 9.26 Å². The molecule has 0 radical (unpaired) electrons. The average molecular weight is 390 g/mol. The number of nitrogens with one attached hydrogen (secondary N) is 1. The highest BCUT2D eigenvalue weighted by molar-refractivity contribution is 5.45. The lowest BCUT2D eigenvalue weighted by Gasteiger charge is -2.53. The molecule has 3 rings (SSSR count). The molecular formula is C22H35N3O3. The molecule has 1 aliphatic heterocycles. The zero-order valence-electron chi connectivity index (χ0n) is 18.1. The average Bonchev–Trinajstić information content (AvgIpc) is 3.22. The molecule has 0 saturated heterocycles. The molecule has 156 valence electrons. The van der Waals surface area contributed by atoms with E-state index in [2.05, 4.69) is 63.2 Å². The van der Waals surface area contributed by atoms with E-state index in [1.165, 1.54) is 11.3 Å². The number of rotatable bonds is 10. The lowest BCUT2D eigenvalue weighted by atomic mass is 9.77. The second-order valence-electron chi connectivity index (χ2n) is 8.96. The quantitative estimate of drug-likeness (QED) is 0.611. The number of ether oxygens (including phenoxy) is 1. The van der Waals surface area contributed by atoms with Gasteiger partial charge < -0.3 is 9.64 Å². The number of aromatic amines is 1. The van der Waals surface area contributed by atoms with Crippen LogP contribution in [0.3, 0.4) is 0 Å². The highest BCUT2D eigenvalue weighted by Gasteiger charge is 2.67. The van der Waals surface area contributed by atoms with E-state index >= 15 is 0 Å². The van der Waals surface area contributed by atoms with Gasteiger partial charge in [-0.25, -0.2) is 4.79 Å². The first-order valence-corrected chi connectivity index (χ1v) is 10.6. The lowest BCUT2D eigenvalue weighted by Crippen LogP contribution is -2.56. The van der Waals surface area contributed by atoms with Crippen molar-refractivity contribution in [1.82, 2.24) is 15.0 Å². The maximum absolute atomic E-state index is 11.7. The molecule has 6 nitrogen and oxygen atoms in total. The van der Waals surface area contributed by atoms with Crippen molar-refractivity contribution >= 4 is 0 Å². The van der Waals surface area contributed by atoms with E-state index in [1.54, 1.807) is 0 Å². The van der Waals surface area contributed by atoms with Crippen LogP contribution in [-0.2, 0) is 10.3 Å². The van der Waals surface area contributed by atoms with Gasteiger partial charge in [0.25, 0.3) is 0 Å². The summed E-state index contributed by atoms with van der Waals surface area (Å²) in [6.45, 7) is 18.9. The number of nitrogens with zero attached hydrogens (tertiary/aromatic N) is 2. The van der Waals surface area contributed by atoms with Crippen LogP contribution in [0.15, 0.2) is 33.2 Å². The Hall–Kier alpha value is -1.82. The van der Waals surface area contributed by atoms with Crippen LogP contribution in [0.1, 0.15) is 60.2 Å². The maximum Gasteiger partial charge on any atom is 0.438 e. The van der Waals surface area contributed by atoms with Crippen molar-refractivity contribution in [2.24, 2.45) is 23.7 Å². The van der Waals surface area contributed by atoms with Gasteiger partial charge in [-0.05, 0) is 48.2 Å². The molecule has 6 heteroatoms. The van der Waals surface area contributed by atoms with Gasteiger partial charge in [0.15, 0.2) is 5.82 Å². The van der Waals surface area contributed by atoms with E-state index < -0.39 is 5.76 Å². The minimum absolute atomic E-state index is 0.168. The topological polar surface area (TPSA) is 71.4 Å². The largest absolute Gasteiger partial charge is 0.438 e. The van der Waals surface area contributed by atoms with E-state index in [9.17, 15) is 4.79 Å². The summed E-state index contributed by atoms with van der Waals surface area (Å²) in [5, 5.41) is 4.11. The molecule has 0 aromatic carbocycles. The summed E-state index contributed by atoms with van der Waals surface area (Å²) in [5.41, 5.74) is 2.23. The fourth-order valence-corrected chi connectivity index (χ4v) is 4.80. The summed E-state index contributed by atoms with van der Waals surface area (Å²) in [5.74, 6) is 1.96. The third kappa shape index (κ3) is 3.25. The normalized spacial score (nSPS) is 28.1. The smallest absolute Gasteiger partial charge is 0.379 e. The molecule has 4 atom stereocenters. The van der Waals surface area contributed by atoms with Gasteiger partial charge in [0.2, 0.25) is 0 Å². The van der Waals surface area contributed by atoms with Crippen LogP contribution in [0.25, 0.3) is 0 Å². The molecule has 1 aromatic rings. The summed E-state index contributed by atoms with van der Waals surface area (Å²) in [6, 6.07) is 0.168. The van der Waals surface area contributed by atoms with Crippen LogP contribution in [0.4, 0.5) is 0 Å². The first-order valence-electron chi connectivity index (χ1n) is 10.6.